The Labute approximate surface area is 162 Å². The minimum Gasteiger partial charge on any atom is -0.451 e. The molecule has 0 aliphatic heterocycles. The van der Waals surface area contributed by atoms with E-state index >= 15 is 0 Å². The Morgan fingerprint density at radius 3 is 2.43 bits per heavy atom. The van der Waals surface area contributed by atoms with Gasteiger partial charge in [0.2, 0.25) is 11.8 Å². The molecule has 0 aliphatic rings. The van der Waals surface area contributed by atoms with Gasteiger partial charge in [0.1, 0.15) is 5.58 Å². The third-order valence-corrected chi connectivity index (χ3v) is 4.75. The molecule has 0 saturated heterocycles. The topological polar surface area (TPSA) is 81.2 Å². The predicted octanol–water partition coefficient (Wildman–Crippen LogP) is 4.84. The molecule has 1 N–H and O–H groups in total. The van der Waals surface area contributed by atoms with E-state index < -0.39 is 0 Å². The van der Waals surface area contributed by atoms with Crippen molar-refractivity contribution in [1.82, 2.24) is 10.2 Å². The van der Waals surface area contributed by atoms with E-state index in [1.165, 1.54) is 5.56 Å². The number of fused-ring (bicyclic) bond motifs is 1. The predicted molar refractivity (Wildman–Crippen MR) is 107 cm³/mol. The first-order chi connectivity index (χ1) is 13.5. The van der Waals surface area contributed by atoms with E-state index in [4.69, 9.17) is 8.83 Å². The summed E-state index contributed by atoms with van der Waals surface area (Å²) in [6.45, 7) is 5.78. The van der Waals surface area contributed by atoms with Gasteiger partial charge >= 0.3 is 0 Å². The average molecular weight is 375 g/mol. The number of rotatable bonds is 5. The molecular weight excluding hydrogens is 354 g/mol. The number of carbonyl (C=O) groups excluding carboxylic acids is 1. The zero-order valence-corrected chi connectivity index (χ0v) is 16.1. The van der Waals surface area contributed by atoms with Crippen LogP contribution in [0.4, 0.5) is 5.69 Å². The number of amides is 1. The molecule has 4 rings (SSSR count). The summed E-state index contributed by atoms with van der Waals surface area (Å²) < 4.78 is 11.2. The Balaban J connectivity index is 1.50. The summed E-state index contributed by atoms with van der Waals surface area (Å²) >= 11 is 0. The maximum atomic E-state index is 12.7. The number of aryl methyl sites for hydroxylation is 3. The first-order valence-electron chi connectivity index (χ1n) is 9.25. The maximum absolute atomic E-state index is 12.7. The van der Waals surface area contributed by atoms with Gasteiger partial charge in [-0.1, -0.05) is 25.1 Å². The summed E-state index contributed by atoms with van der Waals surface area (Å²) in [5, 5.41) is 11.7. The van der Waals surface area contributed by atoms with E-state index in [0.717, 1.165) is 28.5 Å². The zero-order chi connectivity index (χ0) is 19.7. The average Bonchev–Trinajstić information content (AvgIpc) is 3.26. The van der Waals surface area contributed by atoms with Gasteiger partial charge in [-0.25, -0.2) is 0 Å². The molecule has 0 radical (unpaired) electrons. The van der Waals surface area contributed by atoms with Crippen LogP contribution in [-0.4, -0.2) is 16.1 Å². The van der Waals surface area contributed by atoms with Crippen molar-refractivity contribution in [3.63, 3.8) is 0 Å². The van der Waals surface area contributed by atoms with Crippen LogP contribution in [0.3, 0.4) is 0 Å². The molecule has 0 atom stereocenters. The number of hydrogen-bond donors (Lipinski definition) is 1. The van der Waals surface area contributed by atoms with Crippen molar-refractivity contribution in [1.29, 1.82) is 0 Å². The van der Waals surface area contributed by atoms with Crippen molar-refractivity contribution >= 4 is 22.6 Å². The quantitative estimate of drug-likeness (QED) is 0.540. The highest BCUT2D eigenvalue weighted by Gasteiger charge is 2.18. The van der Waals surface area contributed by atoms with Crippen LogP contribution < -0.4 is 5.32 Å². The summed E-state index contributed by atoms with van der Waals surface area (Å²) in [6.07, 6.45) is 1.50. The fourth-order valence-electron chi connectivity index (χ4n) is 3.18. The summed E-state index contributed by atoms with van der Waals surface area (Å²) in [7, 11) is 0. The highest BCUT2D eigenvalue weighted by molar-refractivity contribution is 6.06. The Morgan fingerprint density at radius 1 is 1.00 bits per heavy atom. The number of nitrogens with zero attached hydrogens (tertiary/aromatic N) is 2. The summed E-state index contributed by atoms with van der Waals surface area (Å²) in [4.78, 5) is 12.7. The van der Waals surface area contributed by atoms with Gasteiger partial charge in [0.15, 0.2) is 5.76 Å². The normalized spacial score (nSPS) is 11.1. The minimum absolute atomic E-state index is 0.257. The monoisotopic (exact) mass is 375 g/mol. The van der Waals surface area contributed by atoms with Gasteiger partial charge in [-0.2, -0.15) is 0 Å². The van der Waals surface area contributed by atoms with Crippen molar-refractivity contribution in [2.24, 2.45) is 0 Å². The lowest BCUT2D eigenvalue weighted by Gasteiger charge is -2.05. The molecule has 0 spiro atoms. The first kappa shape index (κ1) is 18.0. The van der Waals surface area contributed by atoms with Gasteiger partial charge in [0, 0.05) is 23.6 Å². The summed E-state index contributed by atoms with van der Waals surface area (Å²) in [6, 6.07) is 13.6. The van der Waals surface area contributed by atoms with Crippen molar-refractivity contribution in [2.75, 3.05) is 5.32 Å². The molecule has 142 valence electrons. The third-order valence-electron chi connectivity index (χ3n) is 4.75. The number of furan rings is 1. The molecule has 6 heteroatoms. The summed E-state index contributed by atoms with van der Waals surface area (Å²) in [5.41, 5.74) is 4.52. The van der Waals surface area contributed by atoms with Crippen LogP contribution in [0.15, 0.2) is 51.3 Å². The molecule has 2 aromatic carbocycles. The van der Waals surface area contributed by atoms with Crippen LogP contribution in [0.5, 0.6) is 0 Å². The molecule has 0 saturated carbocycles. The van der Waals surface area contributed by atoms with Crippen molar-refractivity contribution in [3.8, 4) is 0 Å². The molecule has 28 heavy (non-hydrogen) atoms. The lowest BCUT2D eigenvalue weighted by atomic mass is 10.1. The van der Waals surface area contributed by atoms with Gasteiger partial charge in [-0.15, -0.1) is 10.2 Å². The summed E-state index contributed by atoms with van der Waals surface area (Å²) in [5.74, 6) is 1.20. The SMILES string of the molecule is CCc1ccc2oc(C(=O)Nc3ccc(Cc4nnc(C)o4)cc3)c(C)c2c1. The van der Waals surface area contributed by atoms with Gasteiger partial charge in [-0.05, 0) is 48.7 Å². The Hall–Kier alpha value is -3.41. The second-order valence-corrected chi connectivity index (χ2v) is 6.78. The number of nitrogens with one attached hydrogen (secondary N) is 1. The van der Waals surface area contributed by atoms with Crippen LogP contribution in [-0.2, 0) is 12.8 Å². The third kappa shape index (κ3) is 3.53. The van der Waals surface area contributed by atoms with Gasteiger partial charge < -0.3 is 14.2 Å². The Bertz CT molecular complexity index is 1140. The zero-order valence-electron chi connectivity index (χ0n) is 16.1. The van der Waals surface area contributed by atoms with Crippen LogP contribution in [0.1, 0.15) is 46.0 Å². The fraction of sp³-hybridized carbons (Fsp3) is 0.227. The molecular formula is C22H21N3O3. The number of benzene rings is 2. The largest absolute Gasteiger partial charge is 0.451 e. The van der Waals surface area contributed by atoms with E-state index in [1.807, 2.05) is 43.3 Å². The van der Waals surface area contributed by atoms with Gasteiger partial charge in [0.05, 0.1) is 6.42 Å². The standard InChI is InChI=1S/C22H21N3O3/c1-4-15-7-10-19-18(11-15)13(2)21(28-19)22(26)23-17-8-5-16(6-9-17)12-20-25-24-14(3)27-20/h5-11H,4,12H2,1-3H3,(H,23,26). The van der Waals surface area contributed by atoms with Crippen LogP contribution in [0.2, 0.25) is 0 Å². The molecule has 2 aromatic heterocycles. The molecule has 0 aliphatic carbocycles. The molecule has 0 fully saturated rings. The van der Waals surface area contributed by atoms with E-state index in [1.54, 1.807) is 6.92 Å². The van der Waals surface area contributed by atoms with Crippen molar-refractivity contribution in [2.45, 2.75) is 33.6 Å². The van der Waals surface area contributed by atoms with E-state index in [9.17, 15) is 4.79 Å². The van der Waals surface area contributed by atoms with Crippen LogP contribution in [0.25, 0.3) is 11.0 Å². The highest BCUT2D eigenvalue weighted by atomic mass is 16.4. The smallest absolute Gasteiger partial charge is 0.291 e. The highest BCUT2D eigenvalue weighted by Crippen LogP contribution is 2.27. The van der Waals surface area contributed by atoms with E-state index in [2.05, 4.69) is 28.5 Å². The minimum atomic E-state index is -0.257. The van der Waals surface area contributed by atoms with Crippen molar-refractivity contribution < 1.29 is 13.6 Å². The Morgan fingerprint density at radius 2 is 1.75 bits per heavy atom. The number of aromatic nitrogens is 2. The fourth-order valence-corrected chi connectivity index (χ4v) is 3.18. The lowest BCUT2D eigenvalue weighted by Crippen LogP contribution is -2.12. The molecule has 2 heterocycles. The first-order valence-corrected chi connectivity index (χ1v) is 9.25. The number of carbonyl (C=O) groups is 1. The lowest BCUT2D eigenvalue weighted by molar-refractivity contribution is 0.0998. The van der Waals surface area contributed by atoms with Gasteiger partial charge in [0.25, 0.3) is 5.91 Å². The number of anilines is 1. The molecule has 1 amide bonds. The molecule has 4 aromatic rings. The molecule has 6 nitrogen and oxygen atoms in total. The second-order valence-electron chi connectivity index (χ2n) is 6.78. The van der Waals surface area contributed by atoms with Crippen molar-refractivity contribution in [3.05, 3.63) is 76.7 Å². The Kier molecular flexibility index (Phi) is 4.69. The van der Waals surface area contributed by atoms with E-state index in [0.29, 0.717) is 29.6 Å². The maximum Gasteiger partial charge on any atom is 0.291 e. The van der Waals surface area contributed by atoms with Crippen LogP contribution in [0, 0.1) is 13.8 Å². The van der Waals surface area contributed by atoms with Gasteiger partial charge in [-0.3, -0.25) is 4.79 Å². The molecule has 0 bridgehead atoms. The van der Waals surface area contributed by atoms with E-state index in [-0.39, 0.29) is 5.91 Å². The molecule has 0 unspecified atom stereocenters. The number of hydrogen-bond acceptors (Lipinski definition) is 5. The second kappa shape index (κ2) is 7.31. The van der Waals surface area contributed by atoms with Crippen LogP contribution >= 0.6 is 0 Å².